The van der Waals surface area contributed by atoms with E-state index in [2.05, 4.69) is 19.2 Å². The molecule has 3 N–H and O–H groups in total. The van der Waals surface area contributed by atoms with Gasteiger partial charge in [-0.1, -0.05) is 315 Å². The monoisotopic (exact) mass is 960 g/mol. The van der Waals surface area contributed by atoms with Crippen LogP contribution in [0.2, 0.25) is 0 Å². The third kappa shape index (κ3) is 53.9. The molecule has 0 aliphatic heterocycles. The average Bonchev–Trinajstić information content (AvgIpc) is 3.34. The normalized spacial score (nSPS) is 12.6. The van der Waals surface area contributed by atoms with Crippen LogP contribution in [0.3, 0.4) is 0 Å². The molecule has 0 aliphatic carbocycles. The van der Waals surface area contributed by atoms with Gasteiger partial charge in [-0.2, -0.15) is 0 Å². The Hall–Kier alpha value is -1.40. The van der Waals surface area contributed by atoms with Gasteiger partial charge in [-0.05, 0) is 32.1 Å². The summed E-state index contributed by atoms with van der Waals surface area (Å²) < 4.78 is 5.48. The molecule has 404 valence electrons. The first-order chi connectivity index (χ1) is 33.5. The van der Waals surface area contributed by atoms with Crippen LogP contribution >= 0.6 is 0 Å². The first-order valence-corrected chi connectivity index (χ1v) is 31.0. The van der Waals surface area contributed by atoms with E-state index in [9.17, 15) is 19.8 Å². The van der Waals surface area contributed by atoms with Crippen LogP contribution in [0, 0.1) is 0 Å². The minimum absolute atomic E-state index is 0.0196. The highest BCUT2D eigenvalue weighted by molar-refractivity contribution is 5.76. The van der Waals surface area contributed by atoms with Crippen LogP contribution in [0.1, 0.15) is 348 Å². The zero-order chi connectivity index (χ0) is 49.3. The Morgan fingerprint density at radius 3 is 1.00 bits per heavy atom. The highest BCUT2D eigenvalue weighted by Crippen LogP contribution is 2.18. The number of aliphatic hydroxyl groups excluding tert-OH is 2. The number of allylic oxidation sites excluding steroid dienone is 1. The summed E-state index contributed by atoms with van der Waals surface area (Å²) in [4.78, 5) is 24.5. The molecule has 0 saturated heterocycles. The van der Waals surface area contributed by atoms with E-state index >= 15 is 0 Å². The number of esters is 1. The van der Waals surface area contributed by atoms with Crippen LogP contribution in [0.15, 0.2) is 12.2 Å². The number of ether oxygens (including phenoxy) is 1. The molecule has 0 fully saturated rings. The number of hydrogen-bond acceptors (Lipinski definition) is 5. The molecule has 2 unspecified atom stereocenters. The van der Waals surface area contributed by atoms with E-state index in [0.29, 0.717) is 19.4 Å². The summed E-state index contributed by atoms with van der Waals surface area (Å²) in [6.45, 7) is 4.91. The summed E-state index contributed by atoms with van der Waals surface area (Å²) in [6.07, 6.45) is 69.8. The van der Waals surface area contributed by atoms with Crippen LogP contribution in [-0.4, -0.2) is 47.4 Å². The van der Waals surface area contributed by atoms with Crippen molar-refractivity contribution in [3.8, 4) is 0 Å². The molecule has 0 rings (SSSR count). The molecule has 0 radical (unpaired) electrons. The molecule has 0 aromatic carbocycles. The fourth-order valence-corrected chi connectivity index (χ4v) is 9.81. The van der Waals surface area contributed by atoms with E-state index in [1.807, 2.05) is 6.08 Å². The Kier molecular flexibility index (Phi) is 57.0. The quantitative estimate of drug-likeness (QED) is 0.0321. The maximum Gasteiger partial charge on any atom is 0.305 e. The van der Waals surface area contributed by atoms with E-state index < -0.39 is 12.1 Å². The molecule has 0 saturated carbocycles. The summed E-state index contributed by atoms with van der Waals surface area (Å²) in [6, 6.07) is -0.623. The van der Waals surface area contributed by atoms with Gasteiger partial charge in [0, 0.05) is 12.8 Å². The second-order valence-corrected chi connectivity index (χ2v) is 21.4. The highest BCUT2D eigenvalue weighted by atomic mass is 16.5. The van der Waals surface area contributed by atoms with Gasteiger partial charge in [0.15, 0.2) is 0 Å². The zero-order valence-corrected chi connectivity index (χ0v) is 46.1. The first-order valence-electron chi connectivity index (χ1n) is 31.0. The fraction of sp³-hybridized carbons (Fsp3) is 0.935. The summed E-state index contributed by atoms with van der Waals surface area (Å²) in [7, 11) is 0. The van der Waals surface area contributed by atoms with Crippen molar-refractivity contribution >= 4 is 11.9 Å². The van der Waals surface area contributed by atoms with Gasteiger partial charge in [-0.25, -0.2) is 0 Å². The fourth-order valence-electron chi connectivity index (χ4n) is 9.81. The summed E-state index contributed by atoms with van der Waals surface area (Å²) >= 11 is 0. The molecule has 0 aliphatic rings. The van der Waals surface area contributed by atoms with Gasteiger partial charge in [0.05, 0.1) is 25.4 Å². The van der Waals surface area contributed by atoms with Crippen molar-refractivity contribution in [2.24, 2.45) is 0 Å². The number of aliphatic hydroxyl groups is 2. The van der Waals surface area contributed by atoms with Crippen molar-refractivity contribution in [2.45, 2.75) is 360 Å². The number of carbonyl (C=O) groups excluding carboxylic acids is 2. The lowest BCUT2D eigenvalue weighted by Gasteiger charge is -2.20. The molecule has 0 bridgehead atoms. The van der Waals surface area contributed by atoms with Gasteiger partial charge < -0.3 is 20.3 Å². The van der Waals surface area contributed by atoms with Crippen LogP contribution in [-0.2, 0) is 14.3 Å². The average molecular weight is 961 g/mol. The van der Waals surface area contributed by atoms with Crippen molar-refractivity contribution in [1.82, 2.24) is 5.32 Å². The summed E-state index contributed by atoms with van der Waals surface area (Å²) in [5, 5.41) is 23.0. The second kappa shape index (κ2) is 58.2. The van der Waals surface area contributed by atoms with Crippen molar-refractivity contribution in [3.63, 3.8) is 0 Å². The van der Waals surface area contributed by atoms with Crippen LogP contribution in [0.25, 0.3) is 0 Å². The van der Waals surface area contributed by atoms with Crippen LogP contribution in [0.4, 0.5) is 0 Å². The van der Waals surface area contributed by atoms with Gasteiger partial charge >= 0.3 is 5.97 Å². The molecular weight excluding hydrogens is 839 g/mol. The topological polar surface area (TPSA) is 95.9 Å². The molecule has 0 aromatic rings. The Balaban J connectivity index is 3.33. The largest absolute Gasteiger partial charge is 0.466 e. The number of nitrogens with one attached hydrogen (secondary N) is 1. The predicted molar refractivity (Wildman–Crippen MR) is 297 cm³/mol. The highest BCUT2D eigenvalue weighted by Gasteiger charge is 2.18. The summed E-state index contributed by atoms with van der Waals surface area (Å²) in [5.74, 6) is -0.0454. The molecule has 2 atom stereocenters. The van der Waals surface area contributed by atoms with E-state index in [1.54, 1.807) is 6.08 Å². The predicted octanol–water partition coefficient (Wildman–Crippen LogP) is 19.2. The first kappa shape index (κ1) is 66.6. The Labute approximate surface area is 425 Å². The lowest BCUT2D eigenvalue weighted by atomic mass is 10.0. The van der Waals surface area contributed by atoms with Gasteiger partial charge in [0.2, 0.25) is 5.91 Å². The molecular formula is C62H121NO5. The van der Waals surface area contributed by atoms with E-state index in [4.69, 9.17) is 4.74 Å². The Bertz CT molecular complexity index is 1020. The van der Waals surface area contributed by atoms with Crippen LogP contribution in [0.5, 0.6) is 0 Å². The van der Waals surface area contributed by atoms with Gasteiger partial charge in [-0.15, -0.1) is 0 Å². The third-order valence-corrected chi connectivity index (χ3v) is 14.6. The third-order valence-electron chi connectivity index (χ3n) is 14.6. The Morgan fingerprint density at radius 1 is 0.397 bits per heavy atom. The van der Waals surface area contributed by atoms with Crippen molar-refractivity contribution in [2.75, 3.05) is 13.2 Å². The van der Waals surface area contributed by atoms with Crippen molar-refractivity contribution < 1.29 is 24.5 Å². The number of amides is 1. The smallest absolute Gasteiger partial charge is 0.305 e. The minimum atomic E-state index is -0.840. The molecule has 6 heteroatoms. The lowest BCUT2D eigenvalue weighted by molar-refractivity contribution is -0.143. The van der Waals surface area contributed by atoms with E-state index in [-0.39, 0.29) is 18.5 Å². The van der Waals surface area contributed by atoms with Gasteiger partial charge in [0.25, 0.3) is 0 Å². The molecule has 6 nitrogen and oxygen atoms in total. The second-order valence-electron chi connectivity index (χ2n) is 21.4. The number of carbonyl (C=O) groups is 2. The molecule has 1 amide bonds. The minimum Gasteiger partial charge on any atom is -0.466 e. The van der Waals surface area contributed by atoms with E-state index in [1.165, 1.54) is 283 Å². The van der Waals surface area contributed by atoms with Crippen molar-refractivity contribution in [3.05, 3.63) is 12.2 Å². The Morgan fingerprint density at radius 2 is 0.676 bits per heavy atom. The lowest BCUT2D eigenvalue weighted by Crippen LogP contribution is -2.45. The number of rotatable bonds is 58. The van der Waals surface area contributed by atoms with Gasteiger partial charge in [0.1, 0.15) is 0 Å². The van der Waals surface area contributed by atoms with Crippen LogP contribution < -0.4 is 5.32 Å². The standard InChI is InChI=1S/C62H121NO5/c1-3-5-7-9-11-13-15-31-36-40-44-48-52-56-62(67)68-57-53-49-45-41-37-33-30-28-26-24-22-20-18-16-17-19-21-23-25-27-29-32-35-39-43-47-51-55-61(66)63-59(58-64)60(65)54-50-46-42-38-34-14-12-10-8-6-4-2/h50,54,59-60,64-65H,3-49,51-53,55-58H2,1-2H3,(H,63,66)/b54-50+. The SMILES string of the molecule is CCCCCCCCCCC/C=C/C(O)C(CO)NC(=O)CCCCCCCCCCCCCCCCCCCCCCCCCCCCCOC(=O)CCCCCCCCCCCCCCC. The maximum absolute atomic E-state index is 12.4. The zero-order valence-electron chi connectivity index (χ0n) is 46.1. The van der Waals surface area contributed by atoms with E-state index in [0.717, 1.165) is 38.5 Å². The maximum atomic E-state index is 12.4. The summed E-state index contributed by atoms with van der Waals surface area (Å²) in [5.41, 5.74) is 0. The van der Waals surface area contributed by atoms with Crippen molar-refractivity contribution in [1.29, 1.82) is 0 Å². The molecule has 68 heavy (non-hydrogen) atoms. The number of hydrogen-bond donors (Lipinski definition) is 3. The molecule has 0 heterocycles. The molecule has 0 spiro atoms. The number of unbranched alkanes of at least 4 members (excludes halogenated alkanes) is 47. The van der Waals surface area contributed by atoms with Gasteiger partial charge in [-0.3, -0.25) is 9.59 Å². The molecule has 0 aromatic heterocycles.